The number of anilines is 6. The van der Waals surface area contributed by atoms with E-state index in [0.29, 0.717) is 0 Å². The summed E-state index contributed by atoms with van der Waals surface area (Å²) in [7, 11) is 0. The summed E-state index contributed by atoms with van der Waals surface area (Å²) in [5.41, 5.74) is 18.5. The van der Waals surface area contributed by atoms with E-state index in [4.69, 9.17) is 0 Å². The minimum atomic E-state index is 0.0815. The van der Waals surface area contributed by atoms with E-state index in [2.05, 4.69) is 234 Å². The maximum atomic E-state index is 2.67. The standard InChI is InChI=1S/C60H37BN2S2/c1-3-15-38(16-4-1)40-29-31-42(32-30-40)62(43-20-13-19-41(35-43)39-17-5-2-6-18-39)44-36-48-45-21-7-10-24-49(45)61-50-33-34-56-58(47-23-9-12-27-54(47)65-56)60(50)63(52(37-44)59(48)61)51-25-14-28-55-57(51)46-22-8-11-26-53(46)64-55/h1-37H. The fourth-order valence-corrected chi connectivity index (χ4v) is 13.1. The molecule has 0 saturated heterocycles. The van der Waals surface area contributed by atoms with Crippen molar-refractivity contribution >= 4 is 120 Å². The molecule has 0 fully saturated rings. The Kier molecular flexibility index (Phi) is 8.15. The number of hydrogen-bond donors (Lipinski definition) is 0. The van der Waals surface area contributed by atoms with Crippen LogP contribution in [0.1, 0.15) is 0 Å². The van der Waals surface area contributed by atoms with Gasteiger partial charge >= 0.3 is 0 Å². The average molecular weight is 861 g/mol. The summed E-state index contributed by atoms with van der Waals surface area (Å²) in [5.74, 6) is 0. The largest absolute Gasteiger partial charge is 0.310 e. The first-order valence-electron chi connectivity index (χ1n) is 22.3. The second kappa shape index (κ2) is 14.4. The van der Waals surface area contributed by atoms with E-state index < -0.39 is 0 Å². The zero-order valence-corrected chi connectivity index (χ0v) is 36.8. The highest BCUT2D eigenvalue weighted by atomic mass is 32.1. The Morgan fingerprint density at radius 1 is 0.354 bits per heavy atom. The fraction of sp³-hybridized carbons (Fsp3) is 0. The minimum absolute atomic E-state index is 0.0815. The molecule has 0 saturated carbocycles. The smallest absolute Gasteiger partial charge is 0.248 e. The summed E-state index contributed by atoms with van der Waals surface area (Å²) >= 11 is 3.78. The van der Waals surface area contributed by atoms with Crippen molar-refractivity contribution in [3.63, 3.8) is 0 Å². The van der Waals surface area contributed by atoms with Crippen molar-refractivity contribution in [2.75, 3.05) is 9.80 Å². The zero-order valence-electron chi connectivity index (χ0n) is 35.2. The molecule has 0 unspecified atom stereocenters. The Morgan fingerprint density at radius 3 is 1.72 bits per heavy atom. The van der Waals surface area contributed by atoms with E-state index in [0.717, 1.165) is 17.1 Å². The molecule has 14 rings (SSSR count). The molecule has 0 amide bonds. The molecule has 2 aromatic heterocycles. The molecule has 0 N–H and O–H groups in total. The SMILES string of the molecule is c1ccc(-c2ccc(N(c3cccc(-c4ccccc4)c3)c3cc4c5c(c3)N(c3cccc6sc7ccccc7c36)c3c(ccc6sc7ccccc7c36)B5c3ccccc3-4)cc2)cc1. The van der Waals surface area contributed by atoms with Crippen LogP contribution in [-0.2, 0) is 0 Å². The van der Waals surface area contributed by atoms with Gasteiger partial charge in [0, 0.05) is 63.1 Å². The quantitative estimate of drug-likeness (QED) is 0.154. The first-order valence-corrected chi connectivity index (χ1v) is 23.9. The van der Waals surface area contributed by atoms with E-state index in [1.807, 2.05) is 22.7 Å². The van der Waals surface area contributed by atoms with Crippen molar-refractivity contribution in [1.82, 2.24) is 0 Å². The molecule has 4 heterocycles. The van der Waals surface area contributed by atoms with E-state index in [1.54, 1.807) is 0 Å². The maximum absolute atomic E-state index is 2.67. The van der Waals surface area contributed by atoms with E-state index in [9.17, 15) is 0 Å². The molecule has 0 radical (unpaired) electrons. The minimum Gasteiger partial charge on any atom is -0.310 e. The number of thiophene rings is 2. The molecule has 2 aliphatic heterocycles. The Bertz CT molecular complexity index is 3850. The van der Waals surface area contributed by atoms with Gasteiger partial charge in [-0.25, -0.2) is 0 Å². The molecule has 12 aromatic rings. The summed E-state index contributed by atoms with van der Waals surface area (Å²) in [5, 5.41) is 5.22. The normalized spacial score (nSPS) is 12.6. The van der Waals surface area contributed by atoms with Gasteiger partial charge in [-0.2, -0.15) is 0 Å². The van der Waals surface area contributed by atoms with Gasteiger partial charge in [0.1, 0.15) is 0 Å². The summed E-state index contributed by atoms with van der Waals surface area (Å²) in [6, 6.07) is 83.4. The highest BCUT2D eigenvalue weighted by Gasteiger charge is 2.44. The molecule has 302 valence electrons. The van der Waals surface area contributed by atoms with Gasteiger partial charge in [0.15, 0.2) is 0 Å². The Labute approximate surface area is 385 Å². The molecule has 10 aromatic carbocycles. The average Bonchev–Trinajstić information content (AvgIpc) is 4.06. The third kappa shape index (κ3) is 5.59. The summed E-state index contributed by atoms with van der Waals surface area (Å²) < 4.78 is 5.22. The van der Waals surface area contributed by atoms with Gasteiger partial charge in [0.25, 0.3) is 0 Å². The predicted octanol–water partition coefficient (Wildman–Crippen LogP) is 15.5. The lowest BCUT2D eigenvalue weighted by molar-refractivity contribution is 1.27. The van der Waals surface area contributed by atoms with Crippen molar-refractivity contribution < 1.29 is 0 Å². The van der Waals surface area contributed by atoms with Crippen LogP contribution in [0, 0.1) is 0 Å². The van der Waals surface area contributed by atoms with Crippen molar-refractivity contribution in [2.45, 2.75) is 0 Å². The molecule has 0 bridgehead atoms. The molecular weight excluding hydrogens is 824 g/mol. The summed E-state index contributed by atoms with van der Waals surface area (Å²) in [6.45, 7) is 0.0815. The van der Waals surface area contributed by atoms with Gasteiger partial charge in [0.2, 0.25) is 6.71 Å². The van der Waals surface area contributed by atoms with Crippen LogP contribution >= 0.6 is 22.7 Å². The van der Waals surface area contributed by atoms with Crippen LogP contribution < -0.4 is 26.2 Å². The van der Waals surface area contributed by atoms with Crippen LogP contribution in [0.2, 0.25) is 0 Å². The lowest BCUT2D eigenvalue weighted by Gasteiger charge is -2.38. The van der Waals surface area contributed by atoms with Crippen molar-refractivity contribution in [3.8, 4) is 33.4 Å². The van der Waals surface area contributed by atoms with Crippen LogP contribution in [-0.4, -0.2) is 6.71 Å². The third-order valence-electron chi connectivity index (χ3n) is 13.6. The van der Waals surface area contributed by atoms with Crippen LogP contribution in [0.3, 0.4) is 0 Å². The number of hydrogen-bond acceptors (Lipinski definition) is 4. The fourth-order valence-electron chi connectivity index (χ4n) is 10.9. The van der Waals surface area contributed by atoms with Gasteiger partial charge in [-0.1, -0.05) is 163 Å². The van der Waals surface area contributed by atoms with Crippen LogP contribution in [0.15, 0.2) is 224 Å². The third-order valence-corrected chi connectivity index (χ3v) is 15.9. The number of nitrogens with zero attached hydrogens (tertiary/aromatic N) is 2. The number of rotatable bonds is 6. The molecule has 0 aliphatic carbocycles. The first-order chi connectivity index (χ1) is 32.2. The van der Waals surface area contributed by atoms with Crippen LogP contribution in [0.25, 0.3) is 73.7 Å². The van der Waals surface area contributed by atoms with Crippen molar-refractivity contribution in [2.24, 2.45) is 0 Å². The number of benzene rings is 10. The lowest BCUT2D eigenvalue weighted by atomic mass is 9.37. The van der Waals surface area contributed by atoms with Gasteiger partial charge in [-0.15, -0.1) is 22.7 Å². The zero-order chi connectivity index (χ0) is 42.6. The Hall–Kier alpha value is -7.70. The Morgan fingerprint density at radius 2 is 0.954 bits per heavy atom. The highest BCUT2D eigenvalue weighted by molar-refractivity contribution is 7.26. The van der Waals surface area contributed by atoms with E-state index >= 15 is 0 Å². The van der Waals surface area contributed by atoms with Gasteiger partial charge in [-0.3, -0.25) is 0 Å². The van der Waals surface area contributed by atoms with Gasteiger partial charge in [0.05, 0.1) is 11.4 Å². The lowest BCUT2D eigenvalue weighted by Crippen LogP contribution is -2.54. The molecule has 0 spiro atoms. The van der Waals surface area contributed by atoms with Gasteiger partial charge in [-0.05, 0) is 111 Å². The predicted molar refractivity (Wildman–Crippen MR) is 283 cm³/mol. The second-order valence-corrected chi connectivity index (χ2v) is 19.3. The van der Waals surface area contributed by atoms with Crippen LogP contribution in [0.4, 0.5) is 34.1 Å². The first kappa shape index (κ1) is 36.8. The molecule has 0 atom stereocenters. The van der Waals surface area contributed by atoms with Crippen LogP contribution in [0.5, 0.6) is 0 Å². The molecule has 2 aliphatic rings. The summed E-state index contributed by atoms with van der Waals surface area (Å²) in [6.07, 6.45) is 0. The monoisotopic (exact) mass is 860 g/mol. The molecular formula is C60H37BN2S2. The van der Waals surface area contributed by atoms with Crippen molar-refractivity contribution in [1.29, 1.82) is 0 Å². The van der Waals surface area contributed by atoms with E-state index in [1.165, 1.54) is 107 Å². The van der Waals surface area contributed by atoms with Gasteiger partial charge < -0.3 is 9.80 Å². The van der Waals surface area contributed by atoms with Crippen molar-refractivity contribution in [3.05, 3.63) is 224 Å². The number of fused-ring (bicyclic) bond motifs is 12. The molecule has 2 nitrogen and oxygen atoms in total. The summed E-state index contributed by atoms with van der Waals surface area (Å²) in [4.78, 5) is 5.14. The topological polar surface area (TPSA) is 6.48 Å². The van der Waals surface area contributed by atoms with E-state index in [-0.39, 0.29) is 6.71 Å². The molecule has 65 heavy (non-hydrogen) atoms. The second-order valence-electron chi connectivity index (χ2n) is 17.2. The molecule has 5 heteroatoms. The highest BCUT2D eigenvalue weighted by Crippen LogP contribution is 2.52. The Balaban J connectivity index is 1.09. The maximum Gasteiger partial charge on any atom is 0.248 e.